The smallest absolute Gasteiger partial charge is 0.133 e. The van der Waals surface area contributed by atoms with Crippen molar-refractivity contribution in [3.05, 3.63) is 28.5 Å². The number of rotatable bonds is 1. The van der Waals surface area contributed by atoms with E-state index in [1.165, 1.54) is 0 Å². The fraction of sp³-hybridized carbons (Fsp3) is 0.286. The maximum absolute atomic E-state index is 5.74. The van der Waals surface area contributed by atoms with Crippen LogP contribution in [0.5, 0.6) is 0 Å². The lowest BCUT2D eigenvalue weighted by molar-refractivity contribution is 1.03. The summed E-state index contributed by atoms with van der Waals surface area (Å²) in [6.45, 7) is 2.35. The van der Waals surface area contributed by atoms with Gasteiger partial charge in [-0.3, -0.25) is 0 Å². The third-order valence-electron chi connectivity index (χ3n) is 1.29. The Hall–Kier alpha value is -0.310. The highest BCUT2D eigenvalue weighted by atomic mass is 35.5. The summed E-state index contributed by atoms with van der Waals surface area (Å²) in [7, 11) is 0. The normalized spacial score (nSPS) is 9.00. The van der Waals surface area contributed by atoms with E-state index in [2.05, 4.69) is 4.98 Å². The molecule has 0 saturated heterocycles. The molecule has 1 rings (SSSR count). The lowest BCUT2D eigenvalue weighted by Crippen LogP contribution is -1.98. The van der Waals surface area contributed by atoms with Crippen LogP contribution in [0.15, 0.2) is 12.1 Å². The first-order valence-corrected chi connectivity index (χ1v) is 3.44. The molecular formula is C7H10Cl2N2. The molecule has 1 heterocycles. The van der Waals surface area contributed by atoms with Gasteiger partial charge in [0.2, 0.25) is 0 Å². The number of aromatic nitrogens is 1. The standard InChI is InChI=1S/C7H9ClN2.ClH/c1-5-2-3-6(4-9)7(8)10-5;/h2-3H,4,9H2,1H3;1H. The summed E-state index contributed by atoms with van der Waals surface area (Å²) in [5.74, 6) is 0. The van der Waals surface area contributed by atoms with Gasteiger partial charge in [0.05, 0.1) is 0 Å². The van der Waals surface area contributed by atoms with Gasteiger partial charge in [-0.15, -0.1) is 12.4 Å². The molecule has 0 aliphatic carbocycles. The molecule has 1 aromatic rings. The zero-order valence-corrected chi connectivity index (χ0v) is 7.75. The Morgan fingerprint density at radius 1 is 1.55 bits per heavy atom. The van der Waals surface area contributed by atoms with Gasteiger partial charge in [-0.25, -0.2) is 4.98 Å². The summed E-state index contributed by atoms with van der Waals surface area (Å²) in [4.78, 5) is 4.03. The minimum atomic E-state index is 0. The molecule has 2 nitrogen and oxygen atoms in total. The van der Waals surface area contributed by atoms with E-state index < -0.39 is 0 Å². The van der Waals surface area contributed by atoms with Gasteiger partial charge in [0, 0.05) is 17.8 Å². The molecule has 0 radical (unpaired) electrons. The average molecular weight is 193 g/mol. The molecule has 0 saturated carbocycles. The highest BCUT2D eigenvalue weighted by Gasteiger charge is 1.97. The molecule has 0 atom stereocenters. The van der Waals surface area contributed by atoms with Gasteiger partial charge in [0.1, 0.15) is 5.15 Å². The first-order valence-electron chi connectivity index (χ1n) is 3.06. The van der Waals surface area contributed by atoms with E-state index >= 15 is 0 Å². The molecule has 0 spiro atoms. The molecule has 0 bridgehead atoms. The lowest BCUT2D eigenvalue weighted by Gasteiger charge is -1.99. The second-order valence-corrected chi connectivity index (χ2v) is 2.46. The molecule has 62 valence electrons. The monoisotopic (exact) mass is 192 g/mol. The summed E-state index contributed by atoms with van der Waals surface area (Å²) in [6.07, 6.45) is 0. The van der Waals surface area contributed by atoms with E-state index in [1.807, 2.05) is 19.1 Å². The predicted octanol–water partition coefficient (Wildman–Crippen LogP) is 1.92. The van der Waals surface area contributed by atoms with Crippen LogP contribution in [-0.4, -0.2) is 4.98 Å². The van der Waals surface area contributed by atoms with Gasteiger partial charge in [-0.2, -0.15) is 0 Å². The Bertz CT molecular complexity index is 238. The zero-order valence-electron chi connectivity index (χ0n) is 6.17. The van der Waals surface area contributed by atoms with E-state index in [4.69, 9.17) is 17.3 Å². The van der Waals surface area contributed by atoms with Crippen LogP contribution in [0.2, 0.25) is 5.15 Å². The second kappa shape index (κ2) is 4.54. The first-order chi connectivity index (χ1) is 4.74. The third kappa shape index (κ3) is 2.66. The number of halogens is 2. The summed E-state index contributed by atoms with van der Waals surface area (Å²) in [5.41, 5.74) is 7.19. The number of aryl methyl sites for hydroxylation is 1. The Morgan fingerprint density at radius 2 is 2.18 bits per heavy atom. The van der Waals surface area contributed by atoms with Crippen LogP contribution in [0, 0.1) is 6.92 Å². The van der Waals surface area contributed by atoms with E-state index in [0.717, 1.165) is 11.3 Å². The van der Waals surface area contributed by atoms with Gasteiger partial charge >= 0.3 is 0 Å². The molecule has 0 aromatic carbocycles. The number of hydrogen-bond donors (Lipinski definition) is 1. The highest BCUT2D eigenvalue weighted by molar-refractivity contribution is 6.30. The fourth-order valence-electron chi connectivity index (χ4n) is 0.706. The third-order valence-corrected chi connectivity index (χ3v) is 1.61. The van der Waals surface area contributed by atoms with Crippen molar-refractivity contribution in [2.45, 2.75) is 13.5 Å². The molecule has 0 fully saturated rings. The number of hydrogen-bond acceptors (Lipinski definition) is 2. The van der Waals surface area contributed by atoms with Crippen LogP contribution in [0.25, 0.3) is 0 Å². The Balaban J connectivity index is 0.000001000. The van der Waals surface area contributed by atoms with Crippen LogP contribution in [0.3, 0.4) is 0 Å². The maximum atomic E-state index is 5.74. The molecule has 0 amide bonds. The molecule has 0 aliphatic heterocycles. The van der Waals surface area contributed by atoms with E-state index in [1.54, 1.807) is 0 Å². The largest absolute Gasteiger partial charge is 0.326 e. The van der Waals surface area contributed by atoms with Crippen LogP contribution in [-0.2, 0) is 6.54 Å². The maximum Gasteiger partial charge on any atom is 0.133 e. The van der Waals surface area contributed by atoms with Crippen molar-refractivity contribution >= 4 is 24.0 Å². The Morgan fingerprint density at radius 3 is 2.64 bits per heavy atom. The summed E-state index contributed by atoms with van der Waals surface area (Å²) < 4.78 is 0. The topological polar surface area (TPSA) is 38.9 Å². The van der Waals surface area contributed by atoms with Crippen molar-refractivity contribution in [3.8, 4) is 0 Å². The summed E-state index contributed by atoms with van der Waals surface area (Å²) >= 11 is 5.74. The zero-order chi connectivity index (χ0) is 7.56. The van der Waals surface area contributed by atoms with Crippen LogP contribution in [0.4, 0.5) is 0 Å². The van der Waals surface area contributed by atoms with Crippen molar-refractivity contribution in [3.63, 3.8) is 0 Å². The van der Waals surface area contributed by atoms with Crippen LogP contribution < -0.4 is 5.73 Å². The van der Waals surface area contributed by atoms with Gasteiger partial charge in [-0.1, -0.05) is 17.7 Å². The van der Waals surface area contributed by atoms with Crippen LogP contribution >= 0.6 is 24.0 Å². The van der Waals surface area contributed by atoms with Crippen molar-refractivity contribution in [1.82, 2.24) is 4.98 Å². The van der Waals surface area contributed by atoms with Crippen molar-refractivity contribution < 1.29 is 0 Å². The Labute approximate surface area is 77.2 Å². The van der Waals surface area contributed by atoms with Gasteiger partial charge in [-0.05, 0) is 13.0 Å². The number of nitrogens with two attached hydrogens (primary N) is 1. The predicted molar refractivity (Wildman–Crippen MR) is 49.1 cm³/mol. The molecule has 0 aliphatic rings. The molecule has 2 N–H and O–H groups in total. The molecule has 0 unspecified atom stereocenters. The van der Waals surface area contributed by atoms with Crippen LogP contribution in [0.1, 0.15) is 11.3 Å². The summed E-state index contributed by atoms with van der Waals surface area (Å²) in [5, 5.41) is 0.516. The van der Waals surface area contributed by atoms with E-state index in [0.29, 0.717) is 11.7 Å². The van der Waals surface area contributed by atoms with Crippen molar-refractivity contribution in [2.75, 3.05) is 0 Å². The molecule has 1 aromatic heterocycles. The van der Waals surface area contributed by atoms with Crippen molar-refractivity contribution in [2.24, 2.45) is 5.73 Å². The Kier molecular flexibility index (Phi) is 4.42. The molecule has 11 heavy (non-hydrogen) atoms. The summed E-state index contributed by atoms with van der Waals surface area (Å²) in [6, 6.07) is 3.79. The SMILES string of the molecule is Cc1ccc(CN)c(Cl)n1.Cl. The first kappa shape index (κ1) is 10.7. The minimum Gasteiger partial charge on any atom is -0.326 e. The van der Waals surface area contributed by atoms with E-state index in [9.17, 15) is 0 Å². The van der Waals surface area contributed by atoms with Gasteiger partial charge in [0.15, 0.2) is 0 Å². The van der Waals surface area contributed by atoms with Gasteiger partial charge < -0.3 is 5.73 Å². The van der Waals surface area contributed by atoms with E-state index in [-0.39, 0.29) is 12.4 Å². The van der Waals surface area contributed by atoms with Crippen molar-refractivity contribution in [1.29, 1.82) is 0 Å². The second-order valence-electron chi connectivity index (χ2n) is 2.11. The van der Waals surface area contributed by atoms with Gasteiger partial charge in [0.25, 0.3) is 0 Å². The molecule has 4 heteroatoms. The number of nitrogens with zero attached hydrogens (tertiary/aromatic N) is 1. The minimum absolute atomic E-state index is 0. The fourth-order valence-corrected chi connectivity index (χ4v) is 0.980. The molecular weight excluding hydrogens is 183 g/mol. The number of pyridine rings is 1. The highest BCUT2D eigenvalue weighted by Crippen LogP contribution is 2.11. The quantitative estimate of drug-likeness (QED) is 0.692. The average Bonchev–Trinajstić information content (AvgIpc) is 1.88. The lowest BCUT2D eigenvalue weighted by atomic mass is 10.2.